The van der Waals surface area contributed by atoms with Gasteiger partial charge in [0.2, 0.25) is 0 Å². The van der Waals surface area contributed by atoms with Crippen LogP contribution in [0.2, 0.25) is 0 Å². The summed E-state index contributed by atoms with van der Waals surface area (Å²) in [4.78, 5) is 23.0. The van der Waals surface area contributed by atoms with Crippen LogP contribution in [0.5, 0.6) is 0 Å². The van der Waals surface area contributed by atoms with Crippen LogP contribution in [-0.4, -0.2) is 32.8 Å². The van der Waals surface area contributed by atoms with E-state index in [1.165, 1.54) is 16.9 Å². The molecule has 0 saturated carbocycles. The number of hydrogen-bond donors (Lipinski definition) is 2. The molecule has 0 aliphatic rings. The smallest absolute Gasteiger partial charge is 0.326 e. The predicted octanol–water partition coefficient (Wildman–Crippen LogP) is 0.649. The molecule has 94 valence electrons. The van der Waals surface area contributed by atoms with Gasteiger partial charge in [0.1, 0.15) is 11.7 Å². The molecule has 0 spiro atoms. The first-order valence-electron chi connectivity index (χ1n) is 5.25. The van der Waals surface area contributed by atoms with E-state index in [0.29, 0.717) is 5.69 Å². The van der Waals surface area contributed by atoms with Gasteiger partial charge in [-0.05, 0) is 11.5 Å². The van der Waals surface area contributed by atoms with Crippen LogP contribution in [0, 0.1) is 5.41 Å². The van der Waals surface area contributed by atoms with Crippen molar-refractivity contribution in [2.75, 3.05) is 0 Å². The number of aryl methyl sites for hydroxylation is 1. The zero-order chi connectivity index (χ0) is 13.2. The van der Waals surface area contributed by atoms with E-state index in [2.05, 4.69) is 10.4 Å². The molecule has 6 nitrogen and oxygen atoms in total. The van der Waals surface area contributed by atoms with E-state index in [9.17, 15) is 9.59 Å². The van der Waals surface area contributed by atoms with Crippen LogP contribution in [0.4, 0.5) is 0 Å². The number of amides is 1. The van der Waals surface area contributed by atoms with E-state index >= 15 is 0 Å². The molecule has 17 heavy (non-hydrogen) atoms. The first-order chi connectivity index (χ1) is 7.73. The van der Waals surface area contributed by atoms with Crippen molar-refractivity contribution in [2.24, 2.45) is 12.5 Å². The maximum atomic E-state index is 11.9. The SMILES string of the molecule is Cn1nccc1C(=O)N[C@H](C(=O)O)C(C)(C)C. The second-order valence-electron chi connectivity index (χ2n) is 4.95. The van der Waals surface area contributed by atoms with Crippen LogP contribution >= 0.6 is 0 Å². The van der Waals surface area contributed by atoms with Crippen molar-refractivity contribution in [1.29, 1.82) is 0 Å². The highest BCUT2D eigenvalue weighted by Gasteiger charge is 2.33. The summed E-state index contributed by atoms with van der Waals surface area (Å²) in [7, 11) is 1.63. The summed E-state index contributed by atoms with van der Waals surface area (Å²) >= 11 is 0. The van der Waals surface area contributed by atoms with Gasteiger partial charge in [-0.1, -0.05) is 20.8 Å². The molecule has 0 aromatic carbocycles. The molecule has 6 heteroatoms. The Morgan fingerprint density at radius 1 is 1.47 bits per heavy atom. The molecular formula is C11H17N3O3. The van der Waals surface area contributed by atoms with Crippen molar-refractivity contribution in [1.82, 2.24) is 15.1 Å². The molecule has 0 radical (unpaired) electrons. The molecule has 0 unspecified atom stereocenters. The van der Waals surface area contributed by atoms with Crippen molar-refractivity contribution in [3.8, 4) is 0 Å². The van der Waals surface area contributed by atoms with Crippen molar-refractivity contribution < 1.29 is 14.7 Å². The minimum absolute atomic E-state index is 0.334. The second kappa shape index (κ2) is 4.57. The Kier molecular flexibility index (Phi) is 3.55. The topological polar surface area (TPSA) is 84.2 Å². The lowest BCUT2D eigenvalue weighted by molar-refractivity contribution is -0.142. The van der Waals surface area contributed by atoms with E-state index in [-0.39, 0.29) is 0 Å². The van der Waals surface area contributed by atoms with Crippen LogP contribution < -0.4 is 5.32 Å². The van der Waals surface area contributed by atoms with Gasteiger partial charge in [-0.15, -0.1) is 0 Å². The van der Waals surface area contributed by atoms with Crippen molar-refractivity contribution >= 4 is 11.9 Å². The van der Waals surface area contributed by atoms with E-state index < -0.39 is 23.3 Å². The number of carboxylic acids is 1. The highest BCUT2D eigenvalue weighted by Crippen LogP contribution is 2.19. The number of rotatable bonds is 3. The van der Waals surface area contributed by atoms with Gasteiger partial charge in [0.15, 0.2) is 0 Å². The standard InChI is InChI=1S/C11H17N3O3/c1-11(2,3)8(10(16)17)13-9(15)7-5-6-12-14(7)4/h5-6,8H,1-4H3,(H,13,15)(H,16,17)/t8-/m1/s1. The number of aromatic nitrogens is 2. The fourth-order valence-corrected chi connectivity index (χ4v) is 1.45. The number of carbonyl (C=O) groups excluding carboxylic acids is 1. The Labute approximate surface area is 99.6 Å². The molecule has 0 saturated heterocycles. The van der Waals surface area contributed by atoms with E-state index in [1.54, 1.807) is 27.8 Å². The average molecular weight is 239 g/mol. The lowest BCUT2D eigenvalue weighted by Crippen LogP contribution is -2.49. The molecular weight excluding hydrogens is 222 g/mol. The third kappa shape index (κ3) is 3.05. The predicted molar refractivity (Wildman–Crippen MR) is 61.6 cm³/mol. The number of nitrogens with one attached hydrogen (secondary N) is 1. The van der Waals surface area contributed by atoms with Crippen LogP contribution in [0.25, 0.3) is 0 Å². The Hall–Kier alpha value is -1.85. The summed E-state index contributed by atoms with van der Waals surface area (Å²) in [5.41, 5.74) is -0.222. The van der Waals surface area contributed by atoms with Gasteiger partial charge in [0.25, 0.3) is 5.91 Å². The minimum Gasteiger partial charge on any atom is -0.480 e. The number of carbonyl (C=O) groups is 2. The molecule has 0 aliphatic carbocycles. The van der Waals surface area contributed by atoms with E-state index in [1.807, 2.05) is 0 Å². The van der Waals surface area contributed by atoms with Crippen molar-refractivity contribution in [2.45, 2.75) is 26.8 Å². The Morgan fingerprint density at radius 3 is 2.41 bits per heavy atom. The summed E-state index contributed by atoms with van der Waals surface area (Å²) < 4.78 is 1.40. The van der Waals surface area contributed by atoms with Gasteiger partial charge in [0.05, 0.1) is 0 Å². The summed E-state index contributed by atoms with van der Waals surface area (Å²) in [5, 5.41) is 15.4. The van der Waals surface area contributed by atoms with Crippen LogP contribution in [-0.2, 0) is 11.8 Å². The first-order valence-corrected chi connectivity index (χ1v) is 5.25. The van der Waals surface area contributed by atoms with Gasteiger partial charge in [0, 0.05) is 13.2 Å². The van der Waals surface area contributed by atoms with Gasteiger partial charge >= 0.3 is 5.97 Å². The fraction of sp³-hybridized carbons (Fsp3) is 0.545. The van der Waals surface area contributed by atoms with Crippen LogP contribution in [0.1, 0.15) is 31.3 Å². The zero-order valence-corrected chi connectivity index (χ0v) is 10.4. The highest BCUT2D eigenvalue weighted by atomic mass is 16.4. The normalized spacial score (nSPS) is 13.2. The molecule has 0 aliphatic heterocycles. The summed E-state index contributed by atoms with van der Waals surface area (Å²) in [5.74, 6) is -1.49. The third-order valence-corrected chi connectivity index (χ3v) is 2.44. The number of aliphatic carboxylic acids is 1. The maximum Gasteiger partial charge on any atom is 0.326 e. The number of hydrogen-bond acceptors (Lipinski definition) is 3. The monoisotopic (exact) mass is 239 g/mol. The first kappa shape index (κ1) is 13.2. The van der Waals surface area contributed by atoms with Gasteiger partial charge in [-0.25, -0.2) is 4.79 Å². The summed E-state index contributed by atoms with van der Waals surface area (Å²) in [6.45, 7) is 5.28. The largest absolute Gasteiger partial charge is 0.480 e. The molecule has 0 bridgehead atoms. The van der Waals surface area contributed by atoms with Gasteiger partial charge in [-0.3, -0.25) is 9.48 Å². The number of nitrogens with zero attached hydrogens (tertiary/aromatic N) is 2. The van der Waals surface area contributed by atoms with Gasteiger partial charge < -0.3 is 10.4 Å². The second-order valence-corrected chi connectivity index (χ2v) is 4.95. The van der Waals surface area contributed by atoms with Crippen LogP contribution in [0.3, 0.4) is 0 Å². The average Bonchev–Trinajstić information content (AvgIpc) is 2.58. The molecule has 1 aromatic rings. The molecule has 1 amide bonds. The lowest BCUT2D eigenvalue weighted by atomic mass is 9.86. The molecule has 1 rings (SSSR count). The quantitative estimate of drug-likeness (QED) is 0.811. The Balaban J connectivity index is 2.86. The Bertz CT molecular complexity index is 431. The molecule has 1 atom stereocenters. The van der Waals surface area contributed by atoms with Crippen molar-refractivity contribution in [3.63, 3.8) is 0 Å². The van der Waals surface area contributed by atoms with E-state index in [0.717, 1.165) is 0 Å². The fourth-order valence-electron chi connectivity index (χ4n) is 1.45. The maximum absolute atomic E-state index is 11.9. The summed E-state index contributed by atoms with van der Waals surface area (Å²) in [6, 6.07) is 0.599. The van der Waals surface area contributed by atoms with Crippen LogP contribution in [0.15, 0.2) is 12.3 Å². The van der Waals surface area contributed by atoms with E-state index in [4.69, 9.17) is 5.11 Å². The zero-order valence-electron chi connectivity index (χ0n) is 10.4. The molecule has 1 heterocycles. The summed E-state index contributed by atoms with van der Waals surface area (Å²) in [6.07, 6.45) is 1.49. The molecule has 2 N–H and O–H groups in total. The lowest BCUT2D eigenvalue weighted by Gasteiger charge is -2.27. The Morgan fingerprint density at radius 2 is 2.06 bits per heavy atom. The molecule has 1 aromatic heterocycles. The third-order valence-electron chi connectivity index (χ3n) is 2.44. The molecule has 0 fully saturated rings. The van der Waals surface area contributed by atoms with Crippen molar-refractivity contribution in [3.05, 3.63) is 18.0 Å². The minimum atomic E-state index is -1.05. The van der Waals surface area contributed by atoms with Gasteiger partial charge in [-0.2, -0.15) is 5.10 Å². The number of carboxylic acid groups (broad SMARTS) is 1. The highest BCUT2D eigenvalue weighted by molar-refractivity contribution is 5.95.